The van der Waals surface area contributed by atoms with E-state index in [9.17, 15) is 20.2 Å². The van der Waals surface area contributed by atoms with Gasteiger partial charge in [0.05, 0.1) is 161 Å². The second-order valence-electron chi connectivity index (χ2n) is 9.57. The Morgan fingerprint density at radius 2 is 0.776 bits per heavy atom. The van der Waals surface area contributed by atoms with Crippen LogP contribution in [-0.2, 0) is 52.1 Å². The maximum atomic E-state index is 11.1. The molecule has 1 rings (SSSR count). The van der Waals surface area contributed by atoms with Crippen molar-refractivity contribution in [2.24, 2.45) is 0 Å². The number of nitrogens with zero attached hydrogens (tertiary/aromatic N) is 2. The molecule has 0 radical (unpaired) electrons. The van der Waals surface area contributed by atoms with Gasteiger partial charge in [0.25, 0.3) is 11.4 Å². The Bertz CT molecular complexity index is 939. The minimum absolute atomic E-state index is 0.186. The molecule has 0 aliphatic rings. The summed E-state index contributed by atoms with van der Waals surface area (Å²) in [7, 11) is 0. The van der Waals surface area contributed by atoms with Gasteiger partial charge in [-0.1, -0.05) is 15.9 Å². The summed E-state index contributed by atoms with van der Waals surface area (Å²) in [6, 6.07) is 3.43. The van der Waals surface area contributed by atoms with Gasteiger partial charge in [-0.3, -0.25) is 20.2 Å². The van der Waals surface area contributed by atoms with Crippen molar-refractivity contribution in [3.05, 3.63) is 38.4 Å². The van der Waals surface area contributed by atoms with Crippen LogP contribution in [0.25, 0.3) is 0 Å². The molecule has 0 aliphatic carbocycles. The molecule has 0 unspecified atom stereocenters. The van der Waals surface area contributed by atoms with Crippen LogP contribution >= 0.6 is 15.9 Å². The summed E-state index contributed by atoms with van der Waals surface area (Å²) in [5.74, 6) is 0. The van der Waals surface area contributed by atoms with Crippen LogP contribution in [0, 0.1) is 20.2 Å². The van der Waals surface area contributed by atoms with Crippen molar-refractivity contribution >= 4 is 33.0 Å². The number of hydrogen-bond acceptors (Lipinski definition) is 16. The number of anilines is 1. The molecular weight excluding hydrogens is 722 g/mol. The fourth-order valence-corrected chi connectivity index (χ4v) is 3.78. The van der Waals surface area contributed by atoms with Crippen LogP contribution in [0.3, 0.4) is 0 Å². The number of rotatable bonds is 38. The molecular formula is C30H52BrN3O15. The van der Waals surface area contributed by atoms with E-state index in [1.807, 2.05) is 0 Å². The molecule has 0 bridgehead atoms. The molecule has 1 aromatic rings. The van der Waals surface area contributed by atoms with Crippen LogP contribution in [0.2, 0.25) is 0 Å². The fourth-order valence-electron chi connectivity index (χ4n) is 3.55. The van der Waals surface area contributed by atoms with E-state index in [-0.39, 0.29) is 23.7 Å². The lowest BCUT2D eigenvalue weighted by Gasteiger charge is -2.09. The molecule has 0 fully saturated rings. The number of nitrogens with one attached hydrogen (secondary N) is 1. The maximum absolute atomic E-state index is 11.1. The van der Waals surface area contributed by atoms with Gasteiger partial charge in [0.15, 0.2) is 0 Å². The minimum atomic E-state index is -0.681. The molecule has 0 saturated heterocycles. The highest BCUT2D eigenvalue weighted by Gasteiger charge is 2.19. The molecule has 18 nitrogen and oxygen atoms in total. The largest absolute Gasteiger partial charge is 0.378 e. The third-order valence-corrected chi connectivity index (χ3v) is 6.22. The lowest BCUT2D eigenvalue weighted by molar-refractivity contribution is -0.393. The van der Waals surface area contributed by atoms with E-state index in [4.69, 9.17) is 52.1 Å². The summed E-state index contributed by atoms with van der Waals surface area (Å²) in [5.41, 5.74) is -0.526. The summed E-state index contributed by atoms with van der Waals surface area (Å²) >= 11 is 3.29. The molecule has 0 aliphatic heterocycles. The molecule has 0 spiro atoms. The zero-order valence-corrected chi connectivity index (χ0v) is 29.7. The standard InChI is InChI=1S/C30H52BrN3O15/c31-3-5-39-7-9-41-11-13-43-15-17-45-19-21-47-23-25-49-26-24-48-22-20-46-18-16-44-14-12-42-10-8-40-6-4-32-29-2-1-28(33(35)36)27-30(29)34(37)38/h1-2,27,32H,3-26H2. The predicted octanol–water partition coefficient (Wildman–Crippen LogP) is 2.49. The van der Waals surface area contributed by atoms with Gasteiger partial charge in [-0.05, 0) is 6.07 Å². The van der Waals surface area contributed by atoms with Crippen molar-refractivity contribution in [2.45, 2.75) is 0 Å². The molecule has 19 heteroatoms. The zero-order chi connectivity index (χ0) is 35.5. The summed E-state index contributed by atoms with van der Waals surface area (Å²) in [4.78, 5) is 20.6. The van der Waals surface area contributed by atoms with Gasteiger partial charge in [-0.2, -0.15) is 0 Å². The minimum Gasteiger partial charge on any atom is -0.378 e. The smallest absolute Gasteiger partial charge is 0.299 e. The first kappa shape index (κ1) is 44.9. The Kier molecular flexibility index (Phi) is 31.4. The van der Waals surface area contributed by atoms with Crippen molar-refractivity contribution in [3.63, 3.8) is 0 Å². The zero-order valence-electron chi connectivity index (χ0n) is 28.1. The van der Waals surface area contributed by atoms with E-state index >= 15 is 0 Å². The number of nitro groups is 2. The number of nitro benzene ring substituents is 2. The average molecular weight is 775 g/mol. The van der Waals surface area contributed by atoms with Crippen LogP contribution in [0.5, 0.6) is 0 Å². The third-order valence-electron chi connectivity index (χ3n) is 5.89. The Morgan fingerprint density at radius 1 is 0.469 bits per heavy atom. The first-order valence-corrected chi connectivity index (χ1v) is 17.3. The summed E-state index contributed by atoms with van der Waals surface area (Å²) in [5, 5.41) is 25.6. The Morgan fingerprint density at radius 3 is 1.06 bits per heavy atom. The van der Waals surface area contributed by atoms with Gasteiger partial charge >= 0.3 is 0 Å². The lowest BCUT2D eigenvalue weighted by atomic mass is 10.2. The predicted molar refractivity (Wildman–Crippen MR) is 181 cm³/mol. The molecule has 0 heterocycles. The van der Waals surface area contributed by atoms with Gasteiger partial charge in [-0.25, -0.2) is 0 Å². The number of hydrogen-bond donors (Lipinski definition) is 1. The van der Waals surface area contributed by atoms with Gasteiger partial charge in [0.2, 0.25) is 0 Å². The Balaban J connectivity index is 1.72. The van der Waals surface area contributed by atoms with Crippen LogP contribution in [0.4, 0.5) is 17.1 Å². The van der Waals surface area contributed by atoms with Gasteiger partial charge < -0.3 is 57.4 Å². The van der Waals surface area contributed by atoms with E-state index in [1.165, 1.54) is 12.1 Å². The number of halogens is 1. The van der Waals surface area contributed by atoms with Gasteiger partial charge in [0, 0.05) is 17.9 Å². The molecule has 0 saturated carbocycles. The summed E-state index contributed by atoms with van der Waals surface area (Å²) in [6.45, 7) is 10.7. The summed E-state index contributed by atoms with van der Waals surface area (Å²) in [6.07, 6.45) is 0. The first-order chi connectivity index (χ1) is 24.1. The maximum Gasteiger partial charge on any atom is 0.299 e. The molecule has 1 N–H and O–H groups in total. The summed E-state index contributed by atoms with van der Waals surface area (Å²) < 4.78 is 59.6. The van der Waals surface area contributed by atoms with Crippen LogP contribution in [0.15, 0.2) is 18.2 Å². The number of ether oxygens (including phenoxy) is 11. The fraction of sp³-hybridized carbons (Fsp3) is 0.800. The first-order valence-electron chi connectivity index (χ1n) is 16.1. The molecule has 0 aromatic heterocycles. The van der Waals surface area contributed by atoms with Crippen molar-refractivity contribution in [1.82, 2.24) is 0 Å². The van der Waals surface area contributed by atoms with Gasteiger partial charge in [-0.15, -0.1) is 0 Å². The van der Waals surface area contributed by atoms with E-state index in [1.54, 1.807) is 0 Å². The Hall–Kier alpha value is -2.14. The molecule has 49 heavy (non-hydrogen) atoms. The molecule has 284 valence electrons. The monoisotopic (exact) mass is 773 g/mol. The van der Waals surface area contributed by atoms with Crippen molar-refractivity contribution in [1.29, 1.82) is 0 Å². The second kappa shape index (κ2) is 34.3. The topological polar surface area (TPSA) is 200 Å². The highest BCUT2D eigenvalue weighted by atomic mass is 79.9. The highest BCUT2D eigenvalue weighted by molar-refractivity contribution is 9.09. The highest BCUT2D eigenvalue weighted by Crippen LogP contribution is 2.28. The SMILES string of the molecule is O=[N+]([O-])c1ccc(NCCOCCOCCOCCOCCOCCOCCOCCOCCOCCOCCOCCBr)c([N+](=O)[O-])c1. The van der Waals surface area contributed by atoms with E-state index in [0.29, 0.717) is 145 Å². The number of non-ortho nitro benzene ring substituents is 1. The van der Waals surface area contributed by atoms with Crippen molar-refractivity contribution in [3.8, 4) is 0 Å². The number of benzene rings is 1. The second-order valence-corrected chi connectivity index (χ2v) is 10.4. The molecule has 1 aromatic carbocycles. The molecule has 0 atom stereocenters. The Labute approximate surface area is 295 Å². The normalized spacial score (nSPS) is 11.3. The van der Waals surface area contributed by atoms with Crippen LogP contribution < -0.4 is 5.32 Å². The third kappa shape index (κ3) is 28.3. The van der Waals surface area contributed by atoms with Gasteiger partial charge in [0.1, 0.15) is 5.69 Å². The van der Waals surface area contributed by atoms with E-state index in [0.717, 1.165) is 11.4 Å². The van der Waals surface area contributed by atoms with Crippen LogP contribution in [0.1, 0.15) is 0 Å². The van der Waals surface area contributed by atoms with Crippen LogP contribution in [-0.4, -0.2) is 167 Å². The average Bonchev–Trinajstić information content (AvgIpc) is 3.09. The lowest BCUT2D eigenvalue weighted by Crippen LogP contribution is -2.16. The number of alkyl halides is 1. The quantitative estimate of drug-likeness (QED) is 0.0444. The van der Waals surface area contributed by atoms with E-state index in [2.05, 4.69) is 21.2 Å². The van der Waals surface area contributed by atoms with E-state index < -0.39 is 9.85 Å². The van der Waals surface area contributed by atoms with Crippen molar-refractivity contribution in [2.75, 3.05) is 163 Å². The molecule has 0 amide bonds. The van der Waals surface area contributed by atoms with Crippen molar-refractivity contribution < 1.29 is 62.0 Å².